The van der Waals surface area contributed by atoms with Gasteiger partial charge in [-0.1, -0.05) is 12.8 Å². The number of pyridine rings is 2. The number of piperidine rings is 1. The number of fused-ring (bicyclic) bond motifs is 1. The Bertz CT molecular complexity index is 893. The minimum absolute atomic E-state index is 0.399. The van der Waals surface area contributed by atoms with Crippen LogP contribution in [0.2, 0.25) is 0 Å². The van der Waals surface area contributed by atoms with E-state index < -0.39 is 5.95 Å². The quantitative estimate of drug-likeness (QED) is 0.547. The van der Waals surface area contributed by atoms with Crippen molar-refractivity contribution in [3.8, 4) is 11.1 Å². The van der Waals surface area contributed by atoms with E-state index in [-0.39, 0.29) is 0 Å². The summed E-state index contributed by atoms with van der Waals surface area (Å²) in [5, 5.41) is 5.82. The molecule has 0 aliphatic carbocycles. The van der Waals surface area contributed by atoms with Crippen LogP contribution in [0.1, 0.15) is 12.8 Å². The molecule has 0 unspecified atom stereocenters. The molecule has 0 spiro atoms. The Morgan fingerprint density at radius 2 is 1.92 bits per heavy atom. The van der Waals surface area contributed by atoms with Crippen LogP contribution in [-0.4, -0.2) is 33.4 Å². The van der Waals surface area contributed by atoms with Crippen molar-refractivity contribution < 1.29 is 4.39 Å². The SMILES string of the molecule is Fc1cc(-c2cc(NC3CCN(S)CC3)c3cnccc3c2)ccn1. The molecule has 4 nitrogen and oxygen atoms in total. The summed E-state index contributed by atoms with van der Waals surface area (Å²) in [4.78, 5) is 7.91. The van der Waals surface area contributed by atoms with Crippen LogP contribution in [0.25, 0.3) is 21.9 Å². The number of rotatable bonds is 3. The molecule has 3 heterocycles. The van der Waals surface area contributed by atoms with Crippen molar-refractivity contribution in [2.45, 2.75) is 18.9 Å². The van der Waals surface area contributed by atoms with Gasteiger partial charge in [0.15, 0.2) is 0 Å². The number of halogens is 1. The van der Waals surface area contributed by atoms with Crippen molar-refractivity contribution in [1.82, 2.24) is 14.3 Å². The molecule has 128 valence electrons. The fraction of sp³-hybridized carbons (Fsp3) is 0.263. The van der Waals surface area contributed by atoms with Crippen molar-refractivity contribution in [3.63, 3.8) is 0 Å². The number of thiol groups is 1. The van der Waals surface area contributed by atoms with Gasteiger partial charge in [-0.05, 0) is 53.6 Å². The minimum atomic E-state index is -0.469. The van der Waals surface area contributed by atoms with Crippen LogP contribution in [0.5, 0.6) is 0 Å². The number of nitrogens with one attached hydrogen (secondary N) is 1. The fourth-order valence-corrected chi connectivity index (χ4v) is 3.53. The summed E-state index contributed by atoms with van der Waals surface area (Å²) in [5.41, 5.74) is 2.82. The van der Waals surface area contributed by atoms with E-state index in [1.165, 1.54) is 12.3 Å². The van der Waals surface area contributed by atoms with Crippen molar-refractivity contribution in [2.75, 3.05) is 18.4 Å². The number of hydrogen-bond donors (Lipinski definition) is 2. The highest BCUT2D eigenvalue weighted by atomic mass is 32.1. The molecule has 6 heteroatoms. The monoisotopic (exact) mass is 354 g/mol. The smallest absolute Gasteiger partial charge is 0.213 e. The second-order valence-corrected chi connectivity index (χ2v) is 6.93. The van der Waals surface area contributed by atoms with Gasteiger partial charge in [-0.25, -0.2) is 4.98 Å². The van der Waals surface area contributed by atoms with Crippen LogP contribution in [0.15, 0.2) is 48.9 Å². The number of aromatic nitrogens is 2. The summed E-state index contributed by atoms with van der Waals surface area (Å²) >= 11 is 4.41. The summed E-state index contributed by atoms with van der Waals surface area (Å²) in [5.74, 6) is -0.469. The summed E-state index contributed by atoms with van der Waals surface area (Å²) in [6, 6.07) is 9.81. The molecule has 1 fully saturated rings. The molecule has 1 aromatic carbocycles. The summed E-state index contributed by atoms with van der Waals surface area (Å²) < 4.78 is 15.6. The number of nitrogens with zero attached hydrogens (tertiary/aromatic N) is 3. The Morgan fingerprint density at radius 3 is 2.72 bits per heavy atom. The van der Waals surface area contributed by atoms with Gasteiger partial charge in [-0.15, -0.1) is 0 Å². The third-order valence-electron chi connectivity index (χ3n) is 4.65. The average molecular weight is 354 g/mol. The van der Waals surface area contributed by atoms with E-state index >= 15 is 0 Å². The minimum Gasteiger partial charge on any atom is -0.382 e. The summed E-state index contributed by atoms with van der Waals surface area (Å²) in [6.45, 7) is 1.93. The zero-order valence-corrected chi connectivity index (χ0v) is 14.6. The predicted molar refractivity (Wildman–Crippen MR) is 102 cm³/mol. The highest BCUT2D eigenvalue weighted by molar-refractivity contribution is 7.77. The fourth-order valence-electron chi connectivity index (χ4n) is 3.30. The lowest BCUT2D eigenvalue weighted by molar-refractivity contribution is 0.362. The maximum Gasteiger partial charge on any atom is 0.213 e. The van der Waals surface area contributed by atoms with Crippen LogP contribution < -0.4 is 5.32 Å². The molecule has 1 aliphatic rings. The van der Waals surface area contributed by atoms with Crippen LogP contribution in [0.4, 0.5) is 10.1 Å². The van der Waals surface area contributed by atoms with E-state index in [4.69, 9.17) is 0 Å². The van der Waals surface area contributed by atoms with Gasteiger partial charge in [-0.2, -0.15) is 4.39 Å². The highest BCUT2D eigenvalue weighted by Gasteiger charge is 2.18. The average Bonchev–Trinajstić information content (AvgIpc) is 2.63. The normalized spacial score (nSPS) is 16.2. The molecule has 4 rings (SSSR count). The van der Waals surface area contributed by atoms with Crippen LogP contribution in [0.3, 0.4) is 0 Å². The molecule has 1 saturated heterocycles. The second-order valence-electron chi connectivity index (χ2n) is 6.36. The molecule has 1 aliphatic heterocycles. The molecule has 3 aromatic rings. The van der Waals surface area contributed by atoms with E-state index in [9.17, 15) is 4.39 Å². The zero-order valence-electron chi connectivity index (χ0n) is 13.7. The Morgan fingerprint density at radius 1 is 1.08 bits per heavy atom. The molecular weight excluding hydrogens is 335 g/mol. The standard InChI is InChI=1S/C19H19FN4S/c20-19-11-13(2-6-22-19)15-9-14-1-5-21-12-17(14)18(10-15)23-16-3-7-24(25)8-4-16/h1-2,5-6,9-12,16,23,25H,3-4,7-8H2. The molecule has 0 radical (unpaired) electrons. The van der Waals surface area contributed by atoms with Crippen molar-refractivity contribution >= 4 is 29.3 Å². The lowest BCUT2D eigenvalue weighted by Crippen LogP contribution is -2.34. The van der Waals surface area contributed by atoms with Crippen molar-refractivity contribution in [1.29, 1.82) is 0 Å². The second kappa shape index (κ2) is 6.98. The number of hydrogen-bond acceptors (Lipinski definition) is 5. The van der Waals surface area contributed by atoms with Gasteiger partial charge < -0.3 is 5.32 Å². The number of benzene rings is 1. The van der Waals surface area contributed by atoms with Gasteiger partial charge in [0.25, 0.3) is 0 Å². The maximum atomic E-state index is 13.5. The van der Waals surface area contributed by atoms with Gasteiger partial charge in [0.05, 0.1) is 0 Å². The molecule has 0 saturated carbocycles. The first kappa shape index (κ1) is 16.3. The molecule has 0 atom stereocenters. The Kier molecular flexibility index (Phi) is 4.55. The van der Waals surface area contributed by atoms with Gasteiger partial charge in [-0.3, -0.25) is 9.29 Å². The molecule has 2 aromatic heterocycles. The van der Waals surface area contributed by atoms with Crippen LogP contribution in [-0.2, 0) is 0 Å². The van der Waals surface area contributed by atoms with Gasteiger partial charge >= 0.3 is 0 Å². The van der Waals surface area contributed by atoms with Crippen molar-refractivity contribution in [2.24, 2.45) is 0 Å². The molecule has 0 bridgehead atoms. The first-order chi connectivity index (χ1) is 12.2. The zero-order chi connectivity index (χ0) is 17.2. The Labute approximate surface area is 151 Å². The topological polar surface area (TPSA) is 41.0 Å². The van der Waals surface area contributed by atoms with E-state index in [0.29, 0.717) is 6.04 Å². The summed E-state index contributed by atoms with van der Waals surface area (Å²) in [7, 11) is 0. The van der Waals surface area contributed by atoms with E-state index in [1.54, 1.807) is 6.20 Å². The lowest BCUT2D eigenvalue weighted by Gasteiger charge is -2.29. The molecular formula is C19H19FN4S. The van der Waals surface area contributed by atoms with Gasteiger partial charge in [0.1, 0.15) is 0 Å². The third-order valence-corrected chi connectivity index (χ3v) is 5.05. The molecule has 1 N–H and O–H groups in total. The third kappa shape index (κ3) is 3.60. The molecule has 0 amide bonds. The van der Waals surface area contributed by atoms with Crippen LogP contribution in [0, 0.1) is 5.95 Å². The predicted octanol–water partition coefficient (Wildman–Crippen LogP) is 4.16. The van der Waals surface area contributed by atoms with Gasteiger partial charge in [0, 0.05) is 54.9 Å². The first-order valence-electron chi connectivity index (χ1n) is 8.39. The largest absolute Gasteiger partial charge is 0.382 e. The van der Waals surface area contributed by atoms with E-state index in [0.717, 1.165) is 53.5 Å². The Hall–Kier alpha value is -2.18. The van der Waals surface area contributed by atoms with Gasteiger partial charge in [0.2, 0.25) is 5.95 Å². The molecule has 25 heavy (non-hydrogen) atoms. The Balaban J connectivity index is 1.74. The highest BCUT2D eigenvalue weighted by Crippen LogP contribution is 2.32. The maximum absolute atomic E-state index is 13.5. The van der Waals surface area contributed by atoms with Crippen LogP contribution >= 0.6 is 12.8 Å². The van der Waals surface area contributed by atoms with E-state index in [1.807, 2.05) is 22.6 Å². The lowest BCUT2D eigenvalue weighted by atomic mass is 10.00. The van der Waals surface area contributed by atoms with Crippen molar-refractivity contribution in [3.05, 3.63) is 54.9 Å². The number of anilines is 1. The first-order valence-corrected chi connectivity index (χ1v) is 8.79. The summed E-state index contributed by atoms with van der Waals surface area (Å²) in [6.07, 6.45) is 7.24. The van der Waals surface area contributed by atoms with E-state index in [2.05, 4.69) is 40.2 Å².